The molecule has 0 radical (unpaired) electrons. The SMILES string of the molecule is CC(NC(=O)C(NC(=O)C(Cc1ccccc1)NC(=O)C(N)CCC(=O)O)C(C)C)C(=O)O. The van der Waals surface area contributed by atoms with E-state index in [0.717, 1.165) is 5.56 Å². The van der Waals surface area contributed by atoms with E-state index >= 15 is 0 Å². The Morgan fingerprint density at radius 3 is 2.00 bits per heavy atom. The fourth-order valence-electron chi connectivity index (χ4n) is 2.90. The first-order valence-electron chi connectivity index (χ1n) is 10.6. The molecule has 1 aromatic rings. The number of nitrogens with one attached hydrogen (secondary N) is 3. The van der Waals surface area contributed by atoms with E-state index in [1.54, 1.807) is 44.2 Å². The Hall–Kier alpha value is -3.47. The molecular formula is C22H32N4O7. The van der Waals surface area contributed by atoms with Crippen LogP contribution in [0.25, 0.3) is 0 Å². The van der Waals surface area contributed by atoms with Crippen LogP contribution in [0.4, 0.5) is 0 Å². The molecule has 3 amide bonds. The Balaban J connectivity index is 3.00. The van der Waals surface area contributed by atoms with Gasteiger partial charge in [-0.3, -0.25) is 24.0 Å². The zero-order valence-electron chi connectivity index (χ0n) is 18.9. The minimum atomic E-state index is -1.22. The van der Waals surface area contributed by atoms with Gasteiger partial charge in [0.2, 0.25) is 17.7 Å². The molecule has 0 fully saturated rings. The summed E-state index contributed by atoms with van der Waals surface area (Å²) < 4.78 is 0. The Morgan fingerprint density at radius 2 is 1.48 bits per heavy atom. The van der Waals surface area contributed by atoms with Crippen LogP contribution in [-0.4, -0.2) is 64.0 Å². The third kappa shape index (κ3) is 9.69. The van der Waals surface area contributed by atoms with Gasteiger partial charge >= 0.3 is 11.9 Å². The zero-order valence-corrected chi connectivity index (χ0v) is 18.9. The lowest BCUT2D eigenvalue weighted by Crippen LogP contribution is -2.58. The Labute approximate surface area is 192 Å². The number of carbonyl (C=O) groups excluding carboxylic acids is 3. The maximum Gasteiger partial charge on any atom is 0.325 e. The molecule has 4 unspecified atom stereocenters. The highest BCUT2D eigenvalue weighted by Gasteiger charge is 2.31. The van der Waals surface area contributed by atoms with Crippen molar-refractivity contribution in [3.63, 3.8) is 0 Å². The number of carbonyl (C=O) groups is 5. The maximum atomic E-state index is 13.1. The van der Waals surface area contributed by atoms with Gasteiger partial charge in [-0.1, -0.05) is 44.2 Å². The molecule has 0 saturated heterocycles. The molecule has 1 aromatic carbocycles. The molecule has 182 valence electrons. The second-order valence-corrected chi connectivity index (χ2v) is 8.09. The lowest BCUT2D eigenvalue weighted by molar-refractivity contribution is -0.142. The smallest absolute Gasteiger partial charge is 0.325 e. The van der Waals surface area contributed by atoms with Crippen molar-refractivity contribution >= 4 is 29.7 Å². The molecule has 0 aliphatic rings. The fourth-order valence-corrected chi connectivity index (χ4v) is 2.90. The van der Waals surface area contributed by atoms with Crippen molar-refractivity contribution in [2.45, 2.75) is 64.2 Å². The Kier molecular flexibility index (Phi) is 11.0. The van der Waals surface area contributed by atoms with Gasteiger partial charge in [0.1, 0.15) is 18.1 Å². The number of benzene rings is 1. The molecule has 1 rings (SSSR count). The maximum absolute atomic E-state index is 13.1. The lowest BCUT2D eigenvalue weighted by Gasteiger charge is -2.26. The fraction of sp³-hybridized carbons (Fsp3) is 0.500. The predicted octanol–water partition coefficient (Wildman–Crippen LogP) is -0.364. The summed E-state index contributed by atoms with van der Waals surface area (Å²) in [5.41, 5.74) is 6.50. The molecule has 0 bridgehead atoms. The summed E-state index contributed by atoms with van der Waals surface area (Å²) in [7, 11) is 0. The second-order valence-electron chi connectivity index (χ2n) is 8.09. The van der Waals surface area contributed by atoms with Gasteiger partial charge in [-0.2, -0.15) is 0 Å². The van der Waals surface area contributed by atoms with E-state index in [9.17, 15) is 24.0 Å². The monoisotopic (exact) mass is 464 g/mol. The van der Waals surface area contributed by atoms with Crippen molar-refractivity contribution in [1.29, 1.82) is 0 Å². The third-order valence-electron chi connectivity index (χ3n) is 4.90. The normalized spacial score (nSPS) is 14.5. The lowest BCUT2D eigenvalue weighted by atomic mass is 10.00. The molecule has 0 saturated carbocycles. The van der Waals surface area contributed by atoms with Gasteiger partial charge in [-0.25, -0.2) is 0 Å². The summed E-state index contributed by atoms with van der Waals surface area (Å²) in [6, 6.07) is 4.43. The molecule has 0 spiro atoms. The number of carboxylic acid groups (broad SMARTS) is 2. The van der Waals surface area contributed by atoms with Crippen molar-refractivity contribution in [2.24, 2.45) is 11.7 Å². The first-order chi connectivity index (χ1) is 15.4. The van der Waals surface area contributed by atoms with E-state index in [1.807, 2.05) is 0 Å². The van der Waals surface area contributed by atoms with Gasteiger partial charge in [0, 0.05) is 12.8 Å². The first kappa shape index (κ1) is 27.6. The highest BCUT2D eigenvalue weighted by molar-refractivity contribution is 5.94. The summed E-state index contributed by atoms with van der Waals surface area (Å²) in [6.45, 7) is 4.67. The van der Waals surface area contributed by atoms with Gasteiger partial charge < -0.3 is 31.9 Å². The van der Waals surface area contributed by atoms with Crippen molar-refractivity contribution in [1.82, 2.24) is 16.0 Å². The zero-order chi connectivity index (χ0) is 25.1. The topological polar surface area (TPSA) is 188 Å². The van der Waals surface area contributed by atoms with E-state index in [2.05, 4.69) is 16.0 Å². The highest BCUT2D eigenvalue weighted by Crippen LogP contribution is 2.08. The van der Waals surface area contributed by atoms with E-state index in [-0.39, 0.29) is 25.2 Å². The predicted molar refractivity (Wildman–Crippen MR) is 119 cm³/mol. The number of aliphatic carboxylic acids is 2. The molecule has 33 heavy (non-hydrogen) atoms. The molecule has 0 heterocycles. The van der Waals surface area contributed by atoms with Crippen LogP contribution in [0.2, 0.25) is 0 Å². The molecule has 4 atom stereocenters. The van der Waals surface area contributed by atoms with Gasteiger partial charge in [0.25, 0.3) is 0 Å². The van der Waals surface area contributed by atoms with E-state index in [4.69, 9.17) is 15.9 Å². The number of carboxylic acids is 2. The van der Waals surface area contributed by atoms with Gasteiger partial charge in [0.05, 0.1) is 6.04 Å². The highest BCUT2D eigenvalue weighted by atomic mass is 16.4. The number of nitrogens with two attached hydrogens (primary N) is 1. The molecule has 0 aliphatic heterocycles. The van der Waals surface area contributed by atoms with Crippen molar-refractivity contribution in [3.8, 4) is 0 Å². The van der Waals surface area contributed by atoms with E-state index in [1.165, 1.54) is 6.92 Å². The number of hydrogen-bond donors (Lipinski definition) is 6. The first-order valence-corrected chi connectivity index (χ1v) is 10.6. The molecule has 11 nitrogen and oxygen atoms in total. The van der Waals surface area contributed by atoms with Crippen molar-refractivity contribution in [2.75, 3.05) is 0 Å². The van der Waals surface area contributed by atoms with Crippen molar-refractivity contribution in [3.05, 3.63) is 35.9 Å². The van der Waals surface area contributed by atoms with Crippen LogP contribution in [0.3, 0.4) is 0 Å². The third-order valence-corrected chi connectivity index (χ3v) is 4.90. The average Bonchev–Trinajstić information content (AvgIpc) is 2.75. The minimum absolute atomic E-state index is 0.0992. The van der Waals surface area contributed by atoms with Crippen LogP contribution >= 0.6 is 0 Å². The molecule has 7 N–H and O–H groups in total. The van der Waals surface area contributed by atoms with Crippen LogP contribution in [0.1, 0.15) is 39.2 Å². The Morgan fingerprint density at radius 1 is 0.879 bits per heavy atom. The van der Waals surface area contributed by atoms with Gasteiger partial charge in [0.15, 0.2) is 0 Å². The molecule has 0 aromatic heterocycles. The summed E-state index contributed by atoms with van der Waals surface area (Å²) in [4.78, 5) is 59.9. The summed E-state index contributed by atoms with van der Waals surface area (Å²) >= 11 is 0. The largest absolute Gasteiger partial charge is 0.481 e. The number of rotatable bonds is 13. The summed E-state index contributed by atoms with van der Waals surface area (Å²) in [5, 5.41) is 25.2. The molecular weight excluding hydrogens is 432 g/mol. The van der Waals surface area contributed by atoms with Crippen molar-refractivity contribution < 1.29 is 34.2 Å². The standard InChI is InChI=1S/C22H32N4O7/c1-12(2)18(21(31)24-13(3)22(32)33)26-20(30)16(11-14-7-5-4-6-8-14)25-19(29)15(23)9-10-17(27)28/h4-8,12-13,15-16,18H,9-11,23H2,1-3H3,(H,24,31)(H,25,29)(H,26,30)(H,27,28)(H,32,33). The average molecular weight is 465 g/mol. The molecule has 0 aliphatic carbocycles. The van der Waals surface area contributed by atoms with E-state index < -0.39 is 53.8 Å². The quantitative estimate of drug-likeness (QED) is 0.228. The van der Waals surface area contributed by atoms with Crippen LogP contribution < -0.4 is 21.7 Å². The van der Waals surface area contributed by atoms with Gasteiger partial charge in [-0.15, -0.1) is 0 Å². The van der Waals surface area contributed by atoms with Crippen LogP contribution in [-0.2, 0) is 30.4 Å². The minimum Gasteiger partial charge on any atom is -0.481 e. The second kappa shape index (κ2) is 13.2. The van der Waals surface area contributed by atoms with Gasteiger partial charge in [-0.05, 0) is 24.8 Å². The van der Waals surface area contributed by atoms with Crippen LogP contribution in [0.15, 0.2) is 30.3 Å². The van der Waals surface area contributed by atoms with Crippen LogP contribution in [0, 0.1) is 5.92 Å². The number of amides is 3. The van der Waals surface area contributed by atoms with Crippen LogP contribution in [0.5, 0.6) is 0 Å². The molecule has 11 heteroatoms. The number of hydrogen-bond acceptors (Lipinski definition) is 6. The van der Waals surface area contributed by atoms with E-state index in [0.29, 0.717) is 0 Å². The summed E-state index contributed by atoms with van der Waals surface area (Å²) in [5.74, 6) is -4.72. The Bertz CT molecular complexity index is 844. The summed E-state index contributed by atoms with van der Waals surface area (Å²) in [6.07, 6.45) is -0.311.